The molecule has 0 aliphatic carbocycles. The van der Waals surface area contributed by atoms with E-state index in [2.05, 4.69) is 16.0 Å². The van der Waals surface area contributed by atoms with Gasteiger partial charge in [0.2, 0.25) is 23.6 Å². The maximum absolute atomic E-state index is 13.1. The average molecular weight is 504 g/mol. The summed E-state index contributed by atoms with van der Waals surface area (Å²) in [5.74, 6) is -3.40. The first-order valence-electron chi connectivity index (χ1n) is 12.1. The molecule has 4 atom stereocenters. The highest BCUT2D eigenvalue weighted by atomic mass is 16.4. The van der Waals surface area contributed by atoms with Crippen molar-refractivity contribution in [3.63, 3.8) is 0 Å². The van der Waals surface area contributed by atoms with E-state index < -0.39 is 41.8 Å². The molecule has 3 rings (SSSR count). The van der Waals surface area contributed by atoms with E-state index in [1.807, 2.05) is 0 Å². The molecule has 12 nitrogen and oxygen atoms in total. The van der Waals surface area contributed by atoms with Crippen LogP contribution in [0.15, 0.2) is 24.3 Å². The number of phenolic OH excluding ortho intramolecular Hbond substituents is 1. The third-order valence-electron chi connectivity index (χ3n) is 6.50. The van der Waals surface area contributed by atoms with Crippen molar-refractivity contribution < 1.29 is 34.2 Å². The summed E-state index contributed by atoms with van der Waals surface area (Å²) in [6.45, 7) is 1.17. The summed E-state index contributed by atoms with van der Waals surface area (Å²) in [7, 11) is 0. The summed E-state index contributed by atoms with van der Waals surface area (Å²) in [4.78, 5) is 63.7. The van der Waals surface area contributed by atoms with Crippen molar-refractivity contribution in [2.75, 3.05) is 13.1 Å². The lowest BCUT2D eigenvalue weighted by atomic mass is 10.0. The van der Waals surface area contributed by atoms with Gasteiger partial charge in [0.05, 0.1) is 6.04 Å². The fraction of sp³-hybridized carbons (Fsp3) is 0.542. The third kappa shape index (κ3) is 7.17. The van der Waals surface area contributed by atoms with E-state index >= 15 is 0 Å². The maximum atomic E-state index is 13.1. The van der Waals surface area contributed by atoms with Gasteiger partial charge in [0.1, 0.15) is 23.9 Å². The molecule has 12 heteroatoms. The van der Waals surface area contributed by atoms with Gasteiger partial charge in [-0.1, -0.05) is 12.1 Å². The van der Waals surface area contributed by atoms with Crippen molar-refractivity contribution in [2.24, 2.45) is 5.73 Å². The Morgan fingerprint density at radius 1 is 1.06 bits per heavy atom. The molecule has 36 heavy (non-hydrogen) atoms. The Kier molecular flexibility index (Phi) is 9.23. The Labute approximate surface area is 208 Å². The first-order valence-corrected chi connectivity index (χ1v) is 12.1. The van der Waals surface area contributed by atoms with Gasteiger partial charge in [0.25, 0.3) is 0 Å². The number of likely N-dealkylation sites (tertiary alicyclic amines) is 1. The van der Waals surface area contributed by atoms with Gasteiger partial charge < -0.3 is 36.8 Å². The van der Waals surface area contributed by atoms with Crippen LogP contribution in [0.4, 0.5) is 0 Å². The zero-order valence-electron chi connectivity index (χ0n) is 19.9. The quantitative estimate of drug-likeness (QED) is 0.221. The number of amides is 4. The van der Waals surface area contributed by atoms with Gasteiger partial charge in [-0.25, -0.2) is 4.79 Å². The standard InChI is InChI=1S/C24H33N5O7/c25-20(31)10-9-16(21(32)28-18(24(35)36)13-14-5-7-15(30)8-6-14)27-22(33)19-4-2-12-29(19)23(34)17-3-1-11-26-17/h5-8,16-19,26,30H,1-4,9-13H2,(H2,25,31)(H,27,33)(H,28,32)(H,35,36). The molecule has 1 aromatic rings. The second-order valence-corrected chi connectivity index (χ2v) is 9.17. The summed E-state index contributed by atoms with van der Waals surface area (Å²) in [6, 6.07) is 2.27. The number of nitrogens with one attached hydrogen (secondary N) is 3. The topological polar surface area (TPSA) is 191 Å². The fourth-order valence-electron chi connectivity index (χ4n) is 4.56. The number of hydrogen-bond donors (Lipinski definition) is 6. The number of aromatic hydroxyl groups is 1. The van der Waals surface area contributed by atoms with Crippen molar-refractivity contribution in [1.29, 1.82) is 0 Å². The van der Waals surface area contributed by atoms with E-state index in [0.717, 1.165) is 13.0 Å². The lowest BCUT2D eigenvalue weighted by Crippen LogP contribution is -2.56. The lowest BCUT2D eigenvalue weighted by Gasteiger charge is -2.28. The van der Waals surface area contributed by atoms with Crippen LogP contribution >= 0.6 is 0 Å². The summed E-state index contributed by atoms with van der Waals surface area (Å²) in [5, 5.41) is 27.2. The first-order chi connectivity index (χ1) is 17.2. The van der Waals surface area contributed by atoms with Crippen molar-refractivity contribution in [1.82, 2.24) is 20.9 Å². The number of carboxylic acids is 1. The monoisotopic (exact) mass is 503 g/mol. The van der Waals surface area contributed by atoms with E-state index in [0.29, 0.717) is 31.4 Å². The molecule has 0 spiro atoms. The molecule has 1 aromatic carbocycles. The van der Waals surface area contributed by atoms with Crippen LogP contribution in [0.1, 0.15) is 44.1 Å². The SMILES string of the molecule is NC(=O)CCC(NC(=O)C1CCCN1C(=O)C1CCCN1)C(=O)NC(Cc1ccc(O)cc1)C(=O)O. The molecule has 2 fully saturated rings. The summed E-state index contributed by atoms with van der Waals surface area (Å²) in [6.07, 6.45) is 2.28. The van der Waals surface area contributed by atoms with Crippen LogP contribution in [-0.2, 0) is 30.4 Å². The Hall–Kier alpha value is -3.67. The van der Waals surface area contributed by atoms with Gasteiger partial charge in [0, 0.05) is 19.4 Å². The molecule has 0 saturated carbocycles. The number of benzene rings is 1. The lowest BCUT2D eigenvalue weighted by molar-refractivity contribution is -0.143. The average Bonchev–Trinajstić information content (AvgIpc) is 3.54. The Balaban J connectivity index is 1.68. The Bertz CT molecular complexity index is 978. The highest BCUT2D eigenvalue weighted by Crippen LogP contribution is 2.21. The number of phenols is 1. The van der Waals surface area contributed by atoms with Gasteiger partial charge in [-0.3, -0.25) is 19.2 Å². The van der Waals surface area contributed by atoms with E-state index in [-0.39, 0.29) is 37.0 Å². The van der Waals surface area contributed by atoms with Crippen molar-refractivity contribution in [3.05, 3.63) is 29.8 Å². The van der Waals surface area contributed by atoms with Crippen molar-refractivity contribution in [3.8, 4) is 5.75 Å². The number of primary amides is 1. The van der Waals surface area contributed by atoms with Crippen LogP contribution in [0.5, 0.6) is 5.75 Å². The smallest absolute Gasteiger partial charge is 0.326 e. The number of carbonyl (C=O) groups is 5. The van der Waals surface area contributed by atoms with E-state index in [9.17, 15) is 34.2 Å². The van der Waals surface area contributed by atoms with Crippen molar-refractivity contribution >= 4 is 29.6 Å². The molecule has 2 aliphatic rings. The van der Waals surface area contributed by atoms with Gasteiger partial charge in [0.15, 0.2) is 0 Å². The van der Waals surface area contributed by atoms with Crippen LogP contribution < -0.4 is 21.7 Å². The predicted molar refractivity (Wildman–Crippen MR) is 127 cm³/mol. The van der Waals surface area contributed by atoms with Crippen LogP contribution in [0.3, 0.4) is 0 Å². The summed E-state index contributed by atoms with van der Waals surface area (Å²) >= 11 is 0. The third-order valence-corrected chi connectivity index (χ3v) is 6.50. The molecule has 7 N–H and O–H groups in total. The molecular weight excluding hydrogens is 470 g/mol. The zero-order chi connectivity index (χ0) is 26.2. The first kappa shape index (κ1) is 26.9. The van der Waals surface area contributed by atoms with Crippen LogP contribution in [0.25, 0.3) is 0 Å². The number of hydrogen-bond acceptors (Lipinski definition) is 7. The van der Waals surface area contributed by atoms with Crippen LogP contribution in [0.2, 0.25) is 0 Å². The fourth-order valence-corrected chi connectivity index (χ4v) is 4.56. The second-order valence-electron chi connectivity index (χ2n) is 9.17. The molecule has 4 unspecified atom stereocenters. The van der Waals surface area contributed by atoms with Gasteiger partial charge in [-0.2, -0.15) is 0 Å². The molecule has 2 aliphatic heterocycles. The number of nitrogens with two attached hydrogens (primary N) is 1. The molecule has 4 amide bonds. The van der Waals surface area contributed by atoms with Crippen molar-refractivity contribution in [2.45, 2.75) is 69.1 Å². The summed E-state index contributed by atoms with van der Waals surface area (Å²) < 4.78 is 0. The molecule has 2 heterocycles. The highest BCUT2D eigenvalue weighted by molar-refractivity contribution is 5.94. The van der Waals surface area contributed by atoms with Crippen LogP contribution in [0, 0.1) is 0 Å². The molecule has 0 radical (unpaired) electrons. The van der Waals surface area contributed by atoms with Gasteiger partial charge >= 0.3 is 5.97 Å². The number of carbonyl (C=O) groups excluding carboxylic acids is 4. The number of carboxylic acid groups (broad SMARTS) is 1. The van der Waals surface area contributed by atoms with Gasteiger partial charge in [-0.15, -0.1) is 0 Å². The minimum absolute atomic E-state index is 0.0204. The van der Waals surface area contributed by atoms with E-state index in [1.54, 1.807) is 0 Å². The molecule has 2 saturated heterocycles. The molecular formula is C24H33N5O7. The Morgan fingerprint density at radius 3 is 2.39 bits per heavy atom. The molecule has 0 bridgehead atoms. The minimum Gasteiger partial charge on any atom is -0.508 e. The van der Waals surface area contributed by atoms with Crippen LogP contribution in [-0.4, -0.2) is 82.0 Å². The summed E-state index contributed by atoms with van der Waals surface area (Å²) in [5.41, 5.74) is 5.80. The number of nitrogens with zero attached hydrogens (tertiary/aromatic N) is 1. The second kappa shape index (κ2) is 12.3. The zero-order valence-corrected chi connectivity index (χ0v) is 19.9. The Morgan fingerprint density at radius 2 is 1.78 bits per heavy atom. The van der Waals surface area contributed by atoms with E-state index in [1.165, 1.54) is 29.2 Å². The number of aliphatic carboxylic acids is 1. The normalized spacial score (nSPS) is 20.9. The predicted octanol–water partition coefficient (Wildman–Crippen LogP) is -1.00. The van der Waals surface area contributed by atoms with Gasteiger partial charge in [-0.05, 0) is 56.3 Å². The maximum Gasteiger partial charge on any atom is 0.326 e. The van der Waals surface area contributed by atoms with E-state index in [4.69, 9.17) is 5.73 Å². The minimum atomic E-state index is -1.31. The number of rotatable bonds is 11. The molecule has 0 aromatic heterocycles. The highest BCUT2D eigenvalue weighted by Gasteiger charge is 2.39. The molecule has 196 valence electrons. The largest absolute Gasteiger partial charge is 0.508 e.